The molecule has 0 spiro atoms. The molecule has 3 aliphatic heterocycles. The van der Waals surface area contributed by atoms with Crippen LogP contribution in [0, 0.1) is 33.1 Å². The summed E-state index contributed by atoms with van der Waals surface area (Å²) in [6.45, 7) is 16.7. The Morgan fingerprint density at radius 1 is 0.941 bits per heavy atom. The van der Waals surface area contributed by atoms with E-state index in [2.05, 4.69) is 68.8 Å². The summed E-state index contributed by atoms with van der Waals surface area (Å²) in [4.78, 5) is 69.5. The lowest BCUT2D eigenvalue weighted by molar-refractivity contribution is -0.145. The molecule has 3 amide bonds. The molecule has 0 radical (unpaired) electrons. The number of thiophene rings is 1. The van der Waals surface area contributed by atoms with Crippen LogP contribution in [0.3, 0.4) is 0 Å². The number of carbonyl (C=O) groups excluding carboxylic acids is 4. The summed E-state index contributed by atoms with van der Waals surface area (Å²) in [5, 5.41) is 26.5. The second-order valence-corrected chi connectivity index (χ2v) is 21.2. The van der Waals surface area contributed by atoms with Crippen molar-refractivity contribution < 1.29 is 33.8 Å². The maximum Gasteiger partial charge on any atom is 0.308 e. The Hall–Kier alpha value is -5.82. The number of esters is 1. The van der Waals surface area contributed by atoms with Crippen LogP contribution < -0.4 is 15.5 Å². The molecule has 0 saturated carbocycles. The number of aromatic nitrogens is 4. The Kier molecular flexibility index (Phi) is 14.3. The lowest BCUT2D eigenvalue weighted by atomic mass is 9.85. The van der Waals surface area contributed by atoms with Gasteiger partial charge in [-0.3, -0.25) is 28.7 Å². The van der Waals surface area contributed by atoms with Crippen LogP contribution in [0.2, 0.25) is 0 Å². The quantitative estimate of drug-likeness (QED) is 0.109. The summed E-state index contributed by atoms with van der Waals surface area (Å²) >= 11 is 3.24. The van der Waals surface area contributed by atoms with E-state index >= 15 is 0 Å². The van der Waals surface area contributed by atoms with E-state index in [1.54, 1.807) is 22.7 Å². The number of benzene rings is 2. The summed E-state index contributed by atoms with van der Waals surface area (Å²) < 4.78 is 13.2. The minimum Gasteiger partial charge on any atom is -0.469 e. The molecule has 3 aromatic heterocycles. The molecule has 6 heterocycles. The van der Waals surface area contributed by atoms with Gasteiger partial charge in [0.25, 0.3) is 0 Å². The van der Waals surface area contributed by atoms with Crippen molar-refractivity contribution in [3.05, 3.63) is 98.5 Å². The van der Waals surface area contributed by atoms with Gasteiger partial charge in [-0.15, -0.1) is 32.9 Å². The number of methoxy groups -OCH3 is 1. The van der Waals surface area contributed by atoms with Gasteiger partial charge in [-0.1, -0.05) is 57.2 Å². The van der Waals surface area contributed by atoms with Crippen LogP contribution in [0.4, 0.5) is 5.69 Å². The molecule has 3 N–H and O–H groups in total. The van der Waals surface area contributed by atoms with Crippen molar-refractivity contribution in [2.75, 3.05) is 38.3 Å². The van der Waals surface area contributed by atoms with Crippen LogP contribution in [0.25, 0.3) is 15.4 Å². The first-order chi connectivity index (χ1) is 32.4. The number of nitrogens with zero attached hydrogens (tertiary/aromatic N) is 7. The summed E-state index contributed by atoms with van der Waals surface area (Å²) in [5.41, 5.74) is 8.93. The molecule has 3 aliphatic rings. The standard InChI is InChI=1S/C50H61N9O7S2/c1-27-30(4)68-49-42(27)43(53-38(23-41(62)65-9)46-56-55-31(5)59(46)49)33-14-16-35(17-15-33)57-20-18-37(19-21-57)66-25-40(61)54-45(50(6,7)8)48(64)58-24-36(60)22-39(58)47(63)52-28(2)32-10-12-34(13-11-32)44-29(3)51-26-67-44/h10-17,26,28,36-39,45,60H,18-25H2,1-9H3,(H,52,63)(H,54,61)/t28-,36+,38-,39-,45?/m0/s1. The van der Waals surface area contributed by atoms with Crippen LogP contribution >= 0.6 is 22.7 Å². The van der Waals surface area contributed by atoms with Gasteiger partial charge < -0.3 is 35.0 Å². The van der Waals surface area contributed by atoms with Gasteiger partial charge in [0.2, 0.25) is 17.7 Å². The van der Waals surface area contributed by atoms with Crippen molar-refractivity contribution in [3.8, 4) is 15.4 Å². The van der Waals surface area contributed by atoms with E-state index in [-0.39, 0.29) is 50.0 Å². The number of anilines is 1. The summed E-state index contributed by atoms with van der Waals surface area (Å²) in [5.74, 6) is -0.254. The first-order valence-corrected chi connectivity index (χ1v) is 24.8. The first kappa shape index (κ1) is 48.6. The number of rotatable bonds is 13. The number of fused-ring (bicyclic) bond motifs is 3. The maximum absolute atomic E-state index is 14.2. The smallest absolute Gasteiger partial charge is 0.308 e. The lowest BCUT2D eigenvalue weighted by Gasteiger charge is -2.36. The van der Waals surface area contributed by atoms with E-state index in [1.807, 2.05) is 75.9 Å². The number of likely N-dealkylation sites (tertiary alicyclic amines) is 1. The largest absolute Gasteiger partial charge is 0.469 e. The molecule has 18 heteroatoms. The van der Waals surface area contributed by atoms with Gasteiger partial charge in [0.05, 0.1) is 53.6 Å². The van der Waals surface area contributed by atoms with Crippen molar-refractivity contribution in [1.82, 2.24) is 35.3 Å². The highest BCUT2D eigenvalue weighted by atomic mass is 32.1. The molecule has 2 saturated heterocycles. The minimum atomic E-state index is -0.963. The number of nitrogens with one attached hydrogen (secondary N) is 2. The van der Waals surface area contributed by atoms with Crippen LogP contribution in [-0.2, 0) is 28.7 Å². The number of aliphatic hydroxyl groups excluding tert-OH is 1. The number of β-amino-alcohol motifs (C(OH)–C–C–N with tert-alkyl or cyclic N) is 1. The molecule has 16 nitrogen and oxygen atoms in total. The fourth-order valence-electron chi connectivity index (χ4n) is 9.29. The number of aliphatic hydroxyl groups is 1. The first-order valence-electron chi connectivity index (χ1n) is 23.1. The number of ether oxygens (including phenoxy) is 2. The molecular weight excluding hydrogens is 903 g/mol. The van der Waals surface area contributed by atoms with Crippen molar-refractivity contribution in [1.29, 1.82) is 0 Å². The number of thiazole rings is 1. The third kappa shape index (κ3) is 10.1. The second-order valence-electron chi connectivity index (χ2n) is 19.1. The molecule has 2 aromatic carbocycles. The average Bonchev–Trinajstić information content (AvgIpc) is 4.09. The van der Waals surface area contributed by atoms with Gasteiger partial charge in [-0.05, 0) is 81.7 Å². The second kappa shape index (κ2) is 20.0. The van der Waals surface area contributed by atoms with Crippen molar-refractivity contribution in [2.45, 2.75) is 117 Å². The Morgan fingerprint density at radius 2 is 1.63 bits per heavy atom. The predicted octanol–water partition coefficient (Wildman–Crippen LogP) is 6.50. The Morgan fingerprint density at radius 3 is 2.28 bits per heavy atom. The molecular formula is C50H61N9O7S2. The van der Waals surface area contributed by atoms with Crippen molar-refractivity contribution >= 4 is 57.8 Å². The van der Waals surface area contributed by atoms with E-state index < -0.39 is 41.5 Å². The highest BCUT2D eigenvalue weighted by Gasteiger charge is 2.45. The van der Waals surface area contributed by atoms with Crippen molar-refractivity contribution in [3.63, 3.8) is 0 Å². The fraction of sp³-hybridized carbons (Fsp3) is 0.480. The van der Waals surface area contributed by atoms with Gasteiger partial charge in [0, 0.05) is 47.7 Å². The van der Waals surface area contributed by atoms with Gasteiger partial charge >= 0.3 is 5.97 Å². The zero-order chi connectivity index (χ0) is 48.6. The average molecular weight is 964 g/mol. The SMILES string of the molecule is COC(=O)C[C@@H]1N=C(c2ccc(N3CCC(OCC(=O)NC(C(=O)N4C[C@H](O)C[C@H]4C(=O)N[C@@H](C)c4ccc(-c5scnc5C)cc4)C(C)(C)C)CC3)cc2)c2c(sc(C)c2C)-n2c(C)nnc21. The monoisotopic (exact) mass is 963 g/mol. The Balaban J connectivity index is 0.861. The van der Waals surface area contributed by atoms with Gasteiger partial charge in [-0.25, -0.2) is 4.98 Å². The molecule has 1 unspecified atom stereocenters. The van der Waals surface area contributed by atoms with Gasteiger partial charge in [0.1, 0.15) is 35.6 Å². The Bertz CT molecular complexity index is 2690. The number of hydrogen-bond donors (Lipinski definition) is 3. The zero-order valence-electron chi connectivity index (χ0n) is 40.2. The third-order valence-electron chi connectivity index (χ3n) is 13.3. The van der Waals surface area contributed by atoms with Crippen LogP contribution in [0.15, 0.2) is 59.0 Å². The number of piperidine rings is 1. The summed E-state index contributed by atoms with van der Waals surface area (Å²) in [6, 6.07) is 13.5. The molecule has 2 fully saturated rings. The third-order valence-corrected chi connectivity index (χ3v) is 15.5. The van der Waals surface area contributed by atoms with E-state index in [4.69, 9.17) is 14.5 Å². The molecule has 0 bridgehead atoms. The molecule has 0 aliphatic carbocycles. The van der Waals surface area contributed by atoms with E-state index in [9.17, 15) is 24.3 Å². The van der Waals surface area contributed by atoms with Crippen LogP contribution in [0.5, 0.6) is 0 Å². The highest BCUT2D eigenvalue weighted by Crippen LogP contribution is 2.40. The van der Waals surface area contributed by atoms with Crippen LogP contribution in [-0.4, -0.2) is 117 Å². The lowest BCUT2D eigenvalue weighted by Crippen LogP contribution is -2.58. The number of aryl methyl sites for hydroxylation is 3. The maximum atomic E-state index is 14.2. The Labute approximate surface area is 405 Å². The molecule has 5 atom stereocenters. The zero-order valence-corrected chi connectivity index (χ0v) is 41.8. The van der Waals surface area contributed by atoms with Gasteiger partial charge in [0.15, 0.2) is 5.82 Å². The predicted molar refractivity (Wildman–Crippen MR) is 262 cm³/mol. The molecule has 360 valence electrons. The topological polar surface area (TPSA) is 193 Å². The number of hydrogen-bond acceptors (Lipinski definition) is 14. The number of aliphatic imine (C=N–C) groups is 1. The van der Waals surface area contributed by atoms with Crippen molar-refractivity contribution in [2.24, 2.45) is 10.4 Å². The van der Waals surface area contributed by atoms with Crippen LogP contribution in [0.1, 0.15) is 110 Å². The summed E-state index contributed by atoms with van der Waals surface area (Å²) in [6.07, 6.45) is 0.495. The molecule has 68 heavy (non-hydrogen) atoms. The van der Waals surface area contributed by atoms with E-state index in [1.165, 1.54) is 16.9 Å². The molecule has 5 aromatic rings. The minimum absolute atomic E-state index is 0.0139. The van der Waals surface area contributed by atoms with E-state index in [0.29, 0.717) is 31.8 Å². The van der Waals surface area contributed by atoms with Gasteiger partial charge in [-0.2, -0.15) is 0 Å². The highest BCUT2D eigenvalue weighted by molar-refractivity contribution is 7.15. The van der Waals surface area contributed by atoms with E-state index in [0.717, 1.165) is 60.6 Å². The normalized spacial score (nSPS) is 19.4. The number of carbonyl (C=O) groups is 4. The molecule has 8 rings (SSSR count). The number of amides is 3. The summed E-state index contributed by atoms with van der Waals surface area (Å²) in [7, 11) is 1.37. The fourth-order valence-corrected chi connectivity index (χ4v) is 11.3.